The SMILES string of the molecule is CCNC(=NCCn1cc(C)cn1)NC1CN(C(=O)OC(C)(C)C)C1.I. The van der Waals surface area contributed by atoms with Crippen molar-refractivity contribution in [3.05, 3.63) is 18.0 Å². The van der Waals surface area contributed by atoms with Gasteiger partial charge in [-0.1, -0.05) is 0 Å². The van der Waals surface area contributed by atoms with Gasteiger partial charge in [0.25, 0.3) is 0 Å². The van der Waals surface area contributed by atoms with Crippen molar-refractivity contribution in [2.75, 3.05) is 26.2 Å². The van der Waals surface area contributed by atoms with Crippen molar-refractivity contribution in [3.63, 3.8) is 0 Å². The highest BCUT2D eigenvalue weighted by molar-refractivity contribution is 14.0. The van der Waals surface area contributed by atoms with Gasteiger partial charge in [0.05, 0.1) is 25.3 Å². The first-order valence-electron chi connectivity index (χ1n) is 8.78. The Hall–Kier alpha value is -1.52. The Morgan fingerprint density at radius 1 is 1.42 bits per heavy atom. The van der Waals surface area contributed by atoms with Crippen molar-refractivity contribution in [1.82, 2.24) is 25.3 Å². The zero-order chi connectivity index (χ0) is 18.4. The molecule has 2 heterocycles. The Bertz CT molecular complexity index is 605. The molecule has 0 spiro atoms. The van der Waals surface area contributed by atoms with Crippen LogP contribution in [-0.4, -0.2) is 64.6 Å². The van der Waals surface area contributed by atoms with E-state index in [0.29, 0.717) is 19.6 Å². The number of nitrogens with zero attached hydrogens (tertiary/aromatic N) is 4. The van der Waals surface area contributed by atoms with E-state index in [4.69, 9.17) is 4.74 Å². The highest BCUT2D eigenvalue weighted by Gasteiger charge is 2.34. The molecule has 1 fully saturated rings. The second-order valence-electron chi connectivity index (χ2n) is 7.27. The average Bonchev–Trinajstić information content (AvgIpc) is 2.85. The second-order valence-corrected chi connectivity index (χ2v) is 7.27. The van der Waals surface area contributed by atoms with Gasteiger partial charge in [-0.2, -0.15) is 5.10 Å². The zero-order valence-electron chi connectivity index (χ0n) is 16.3. The number of ether oxygens (including phenoxy) is 1. The van der Waals surface area contributed by atoms with Gasteiger partial charge < -0.3 is 20.3 Å². The van der Waals surface area contributed by atoms with Gasteiger partial charge in [0.2, 0.25) is 0 Å². The minimum Gasteiger partial charge on any atom is -0.444 e. The Morgan fingerprint density at radius 3 is 2.65 bits per heavy atom. The fourth-order valence-corrected chi connectivity index (χ4v) is 2.41. The smallest absolute Gasteiger partial charge is 0.410 e. The fraction of sp³-hybridized carbons (Fsp3) is 0.706. The third kappa shape index (κ3) is 7.38. The third-order valence-corrected chi connectivity index (χ3v) is 3.58. The summed E-state index contributed by atoms with van der Waals surface area (Å²) in [5.74, 6) is 0.764. The van der Waals surface area contributed by atoms with Gasteiger partial charge in [-0.3, -0.25) is 9.67 Å². The number of aryl methyl sites for hydroxylation is 1. The molecule has 1 aromatic heterocycles. The standard InChI is InChI=1S/C17H30N6O2.HI/c1-6-18-15(19-7-8-23-10-13(2)9-20-23)21-14-11-22(12-14)16(24)25-17(3,4)5;/h9-10,14H,6-8,11-12H2,1-5H3,(H2,18,19,21);1H. The molecule has 1 amide bonds. The number of aromatic nitrogens is 2. The summed E-state index contributed by atoms with van der Waals surface area (Å²) >= 11 is 0. The molecule has 2 rings (SSSR count). The highest BCUT2D eigenvalue weighted by Crippen LogP contribution is 2.15. The van der Waals surface area contributed by atoms with Crippen LogP contribution in [0.4, 0.5) is 4.79 Å². The van der Waals surface area contributed by atoms with Crippen LogP contribution in [0, 0.1) is 6.92 Å². The average molecular weight is 478 g/mol. The van der Waals surface area contributed by atoms with Crippen LogP contribution in [0.15, 0.2) is 17.4 Å². The molecule has 0 atom stereocenters. The van der Waals surface area contributed by atoms with Gasteiger partial charge in [-0.15, -0.1) is 24.0 Å². The summed E-state index contributed by atoms with van der Waals surface area (Å²) in [6.07, 6.45) is 3.58. The molecule has 2 N–H and O–H groups in total. The molecular weight excluding hydrogens is 447 g/mol. The summed E-state index contributed by atoms with van der Waals surface area (Å²) < 4.78 is 7.25. The molecule has 148 valence electrons. The van der Waals surface area contributed by atoms with Gasteiger partial charge in [-0.05, 0) is 40.2 Å². The molecule has 1 saturated heterocycles. The normalized spacial score (nSPS) is 15.1. The Morgan fingerprint density at radius 2 is 2.12 bits per heavy atom. The van der Waals surface area contributed by atoms with Crippen LogP contribution < -0.4 is 10.6 Å². The number of rotatable bonds is 5. The summed E-state index contributed by atoms with van der Waals surface area (Å²) in [4.78, 5) is 18.2. The number of halogens is 1. The van der Waals surface area contributed by atoms with E-state index in [1.54, 1.807) is 4.90 Å². The van der Waals surface area contributed by atoms with E-state index in [-0.39, 0.29) is 36.1 Å². The molecule has 26 heavy (non-hydrogen) atoms. The number of likely N-dealkylation sites (tertiary alicyclic amines) is 1. The van der Waals surface area contributed by atoms with E-state index >= 15 is 0 Å². The zero-order valence-corrected chi connectivity index (χ0v) is 18.6. The van der Waals surface area contributed by atoms with Crippen molar-refractivity contribution in [2.24, 2.45) is 4.99 Å². The Kier molecular flexibility index (Phi) is 8.65. The Balaban J connectivity index is 0.00000338. The monoisotopic (exact) mass is 478 g/mol. The molecule has 0 unspecified atom stereocenters. The van der Waals surface area contributed by atoms with Crippen LogP contribution >= 0.6 is 24.0 Å². The predicted molar refractivity (Wildman–Crippen MR) is 113 cm³/mol. The number of nitrogens with one attached hydrogen (secondary N) is 2. The van der Waals surface area contributed by atoms with E-state index < -0.39 is 5.60 Å². The lowest BCUT2D eigenvalue weighted by Gasteiger charge is -2.40. The van der Waals surface area contributed by atoms with Crippen molar-refractivity contribution >= 4 is 36.0 Å². The maximum absolute atomic E-state index is 11.9. The maximum Gasteiger partial charge on any atom is 0.410 e. The summed E-state index contributed by atoms with van der Waals surface area (Å²) in [6.45, 7) is 13.1. The number of hydrogen-bond acceptors (Lipinski definition) is 4. The molecule has 1 aliphatic heterocycles. The van der Waals surface area contributed by atoms with E-state index in [1.165, 1.54) is 0 Å². The van der Waals surface area contributed by atoms with Crippen molar-refractivity contribution in [3.8, 4) is 0 Å². The largest absolute Gasteiger partial charge is 0.444 e. The van der Waals surface area contributed by atoms with Crippen molar-refractivity contribution in [1.29, 1.82) is 0 Å². The van der Waals surface area contributed by atoms with Crippen LogP contribution in [0.5, 0.6) is 0 Å². The van der Waals surface area contributed by atoms with Crippen molar-refractivity contribution in [2.45, 2.75) is 52.8 Å². The van der Waals surface area contributed by atoms with Crippen LogP contribution in [-0.2, 0) is 11.3 Å². The molecule has 9 heteroatoms. The summed E-state index contributed by atoms with van der Waals surface area (Å²) in [5, 5.41) is 10.8. The predicted octanol–water partition coefficient (Wildman–Crippen LogP) is 1.98. The molecule has 1 aromatic rings. The molecular formula is C17H31IN6O2. The quantitative estimate of drug-likeness (QED) is 0.384. The molecule has 0 saturated carbocycles. The summed E-state index contributed by atoms with van der Waals surface area (Å²) in [5.41, 5.74) is 0.683. The van der Waals surface area contributed by atoms with Crippen LogP contribution in [0.1, 0.15) is 33.3 Å². The Labute approximate surface area is 172 Å². The number of aliphatic imine (C=N–C) groups is 1. The third-order valence-electron chi connectivity index (χ3n) is 3.58. The number of guanidine groups is 1. The van der Waals surface area contributed by atoms with Crippen LogP contribution in [0.2, 0.25) is 0 Å². The van der Waals surface area contributed by atoms with E-state index in [0.717, 1.165) is 24.6 Å². The minimum atomic E-state index is -0.461. The number of amides is 1. The van der Waals surface area contributed by atoms with Gasteiger partial charge >= 0.3 is 6.09 Å². The van der Waals surface area contributed by atoms with Crippen LogP contribution in [0.25, 0.3) is 0 Å². The summed E-state index contributed by atoms with van der Waals surface area (Å²) in [6, 6.07) is 0.192. The molecule has 0 bridgehead atoms. The van der Waals surface area contributed by atoms with E-state index in [1.807, 2.05) is 51.7 Å². The molecule has 8 nitrogen and oxygen atoms in total. The lowest BCUT2D eigenvalue weighted by Crippen LogP contribution is -2.63. The fourth-order valence-electron chi connectivity index (χ4n) is 2.41. The number of hydrogen-bond donors (Lipinski definition) is 2. The first-order chi connectivity index (χ1) is 11.8. The summed E-state index contributed by atoms with van der Waals surface area (Å²) in [7, 11) is 0. The van der Waals surface area contributed by atoms with E-state index in [9.17, 15) is 4.79 Å². The molecule has 0 aliphatic carbocycles. The molecule has 0 aromatic carbocycles. The topological polar surface area (TPSA) is 83.8 Å². The van der Waals surface area contributed by atoms with Crippen LogP contribution in [0.3, 0.4) is 0 Å². The second kappa shape index (κ2) is 9.98. The van der Waals surface area contributed by atoms with Gasteiger partial charge in [-0.25, -0.2) is 4.79 Å². The molecule has 1 aliphatic rings. The lowest BCUT2D eigenvalue weighted by molar-refractivity contribution is 0.00701. The van der Waals surface area contributed by atoms with Gasteiger partial charge in [0.1, 0.15) is 5.60 Å². The van der Waals surface area contributed by atoms with Gasteiger partial charge in [0.15, 0.2) is 5.96 Å². The molecule has 0 radical (unpaired) electrons. The van der Waals surface area contributed by atoms with Crippen molar-refractivity contribution < 1.29 is 9.53 Å². The lowest BCUT2D eigenvalue weighted by atomic mass is 10.1. The van der Waals surface area contributed by atoms with E-state index in [2.05, 4.69) is 20.7 Å². The maximum atomic E-state index is 11.9. The number of carbonyl (C=O) groups is 1. The van der Waals surface area contributed by atoms with Gasteiger partial charge in [0, 0.05) is 25.8 Å². The highest BCUT2D eigenvalue weighted by atomic mass is 127. The first-order valence-corrected chi connectivity index (χ1v) is 8.78. The minimum absolute atomic E-state index is 0. The first kappa shape index (κ1) is 22.5. The number of carbonyl (C=O) groups excluding carboxylic acids is 1.